The molecular weight excluding hydrogens is 284 g/mol. The fourth-order valence-electron chi connectivity index (χ4n) is 1.49. The second-order valence-electron chi connectivity index (χ2n) is 3.45. The number of rotatable bonds is 7. The van der Waals surface area contributed by atoms with E-state index < -0.39 is 6.29 Å². The smallest absolute Gasteiger partial charge is 0.169 e. The molecule has 0 atom stereocenters. The van der Waals surface area contributed by atoms with Crippen LogP contribution in [0.1, 0.15) is 30.6 Å². The molecule has 0 unspecified atom stereocenters. The highest BCUT2D eigenvalue weighted by Crippen LogP contribution is 2.19. The zero-order chi connectivity index (χ0) is 12.7. The fourth-order valence-corrected chi connectivity index (χ4v) is 1.99. The summed E-state index contributed by atoms with van der Waals surface area (Å²) in [6.07, 6.45) is -0.214. The van der Waals surface area contributed by atoms with Crippen LogP contribution in [0.25, 0.3) is 0 Å². The molecule has 1 aromatic carbocycles. The van der Waals surface area contributed by atoms with E-state index in [-0.39, 0.29) is 12.2 Å². The maximum Gasteiger partial charge on any atom is 0.169 e. The van der Waals surface area contributed by atoms with E-state index >= 15 is 0 Å². The Morgan fingerprint density at radius 2 is 1.82 bits per heavy atom. The Hall–Kier alpha value is -0.710. The number of hydrogen-bond donors (Lipinski definition) is 0. The van der Waals surface area contributed by atoms with Gasteiger partial charge in [0.2, 0.25) is 0 Å². The minimum Gasteiger partial charge on any atom is -0.352 e. The molecule has 0 aliphatic rings. The number of Topliss-reactive ketones (excluding diaryl/α,β-unsaturated/α-hetero) is 1. The number of ether oxygens (including phenoxy) is 2. The highest BCUT2D eigenvalue weighted by atomic mass is 79.9. The van der Waals surface area contributed by atoms with Gasteiger partial charge in [0, 0.05) is 23.2 Å². The minimum atomic E-state index is -0.454. The number of halogens is 1. The first-order chi connectivity index (χ1) is 8.19. The molecule has 0 aliphatic carbocycles. The maximum absolute atomic E-state index is 12.0. The molecule has 94 valence electrons. The molecule has 0 saturated carbocycles. The Morgan fingerprint density at radius 1 is 1.24 bits per heavy atom. The van der Waals surface area contributed by atoms with Crippen molar-refractivity contribution in [1.82, 2.24) is 0 Å². The molecule has 0 heterocycles. The molecule has 0 spiro atoms. The lowest BCUT2D eigenvalue weighted by molar-refractivity contribution is -0.133. The van der Waals surface area contributed by atoms with E-state index in [1.165, 1.54) is 0 Å². The second-order valence-corrected chi connectivity index (χ2v) is 4.30. The maximum atomic E-state index is 12.0. The van der Waals surface area contributed by atoms with Crippen LogP contribution in [0.4, 0.5) is 0 Å². The molecule has 3 nitrogen and oxygen atoms in total. The Morgan fingerprint density at radius 3 is 2.35 bits per heavy atom. The average molecular weight is 301 g/mol. The van der Waals surface area contributed by atoms with Crippen molar-refractivity contribution in [3.63, 3.8) is 0 Å². The summed E-state index contributed by atoms with van der Waals surface area (Å²) < 4.78 is 11.5. The van der Waals surface area contributed by atoms with Crippen LogP contribution in [-0.4, -0.2) is 25.3 Å². The van der Waals surface area contributed by atoms with Crippen molar-refractivity contribution in [3.05, 3.63) is 34.3 Å². The summed E-state index contributed by atoms with van der Waals surface area (Å²) in [5.41, 5.74) is 0.664. The van der Waals surface area contributed by atoms with Gasteiger partial charge in [-0.25, -0.2) is 0 Å². The monoisotopic (exact) mass is 300 g/mol. The third-order valence-electron chi connectivity index (χ3n) is 2.23. The van der Waals surface area contributed by atoms with Crippen molar-refractivity contribution >= 4 is 21.7 Å². The van der Waals surface area contributed by atoms with E-state index in [0.29, 0.717) is 18.8 Å². The molecule has 0 bridgehead atoms. The number of benzene rings is 1. The van der Waals surface area contributed by atoms with Crippen molar-refractivity contribution < 1.29 is 14.3 Å². The van der Waals surface area contributed by atoms with Gasteiger partial charge < -0.3 is 9.47 Å². The second kappa shape index (κ2) is 7.58. The van der Waals surface area contributed by atoms with E-state index in [0.717, 1.165) is 4.47 Å². The van der Waals surface area contributed by atoms with Crippen LogP contribution in [0.2, 0.25) is 0 Å². The van der Waals surface area contributed by atoms with Crippen molar-refractivity contribution in [2.24, 2.45) is 0 Å². The number of carbonyl (C=O) groups excluding carboxylic acids is 1. The van der Waals surface area contributed by atoms with Crippen molar-refractivity contribution in [2.45, 2.75) is 26.6 Å². The zero-order valence-corrected chi connectivity index (χ0v) is 11.7. The SMILES string of the molecule is CCOC(CC(=O)c1ccccc1Br)OCC. The lowest BCUT2D eigenvalue weighted by Crippen LogP contribution is -2.21. The molecule has 1 aromatic rings. The molecule has 17 heavy (non-hydrogen) atoms. The predicted octanol–water partition coefficient (Wildman–Crippen LogP) is 3.42. The topological polar surface area (TPSA) is 35.5 Å². The van der Waals surface area contributed by atoms with Gasteiger partial charge >= 0.3 is 0 Å². The Bertz CT molecular complexity index is 359. The minimum absolute atomic E-state index is 0.0179. The summed E-state index contributed by atoms with van der Waals surface area (Å²) in [6, 6.07) is 7.36. The van der Waals surface area contributed by atoms with Gasteiger partial charge in [-0.05, 0) is 19.9 Å². The van der Waals surface area contributed by atoms with Gasteiger partial charge in [-0.2, -0.15) is 0 Å². The third-order valence-corrected chi connectivity index (χ3v) is 2.92. The highest BCUT2D eigenvalue weighted by Gasteiger charge is 2.17. The van der Waals surface area contributed by atoms with Gasteiger partial charge in [-0.15, -0.1) is 0 Å². The summed E-state index contributed by atoms with van der Waals surface area (Å²) in [5, 5.41) is 0. The van der Waals surface area contributed by atoms with Gasteiger partial charge in [0.1, 0.15) is 0 Å². The molecule has 4 heteroatoms. The van der Waals surface area contributed by atoms with E-state index in [9.17, 15) is 4.79 Å². The average Bonchev–Trinajstić information content (AvgIpc) is 2.30. The van der Waals surface area contributed by atoms with E-state index in [2.05, 4.69) is 15.9 Å². The summed E-state index contributed by atoms with van der Waals surface area (Å²) >= 11 is 3.36. The lowest BCUT2D eigenvalue weighted by Gasteiger charge is -2.16. The first kappa shape index (κ1) is 14.4. The van der Waals surface area contributed by atoms with Gasteiger partial charge in [0.25, 0.3) is 0 Å². The number of carbonyl (C=O) groups is 1. The Labute approximate surface area is 110 Å². The van der Waals surface area contributed by atoms with Crippen LogP contribution in [0.5, 0.6) is 0 Å². The Kier molecular flexibility index (Phi) is 6.40. The molecule has 0 saturated heterocycles. The van der Waals surface area contributed by atoms with E-state index in [1.54, 1.807) is 6.07 Å². The highest BCUT2D eigenvalue weighted by molar-refractivity contribution is 9.10. The molecule has 0 aliphatic heterocycles. The van der Waals surface area contributed by atoms with Crippen LogP contribution < -0.4 is 0 Å². The molecule has 0 N–H and O–H groups in total. The van der Waals surface area contributed by atoms with Crippen molar-refractivity contribution in [2.75, 3.05) is 13.2 Å². The molecule has 0 amide bonds. The molecular formula is C13H17BrO3. The summed E-state index contributed by atoms with van der Waals surface area (Å²) in [4.78, 5) is 12.0. The third kappa shape index (κ3) is 4.58. The number of ketones is 1. The largest absolute Gasteiger partial charge is 0.352 e. The summed E-state index contributed by atoms with van der Waals surface area (Å²) in [6.45, 7) is 4.84. The van der Waals surface area contributed by atoms with Gasteiger partial charge in [-0.3, -0.25) is 4.79 Å². The van der Waals surface area contributed by atoms with Crippen molar-refractivity contribution in [1.29, 1.82) is 0 Å². The first-order valence-electron chi connectivity index (χ1n) is 5.70. The molecule has 0 radical (unpaired) electrons. The van der Waals surface area contributed by atoms with Gasteiger partial charge in [-0.1, -0.05) is 34.1 Å². The van der Waals surface area contributed by atoms with E-state index in [4.69, 9.17) is 9.47 Å². The quantitative estimate of drug-likeness (QED) is 0.572. The summed E-state index contributed by atoms with van der Waals surface area (Å²) in [5.74, 6) is 0.0179. The molecule has 0 fully saturated rings. The van der Waals surface area contributed by atoms with Crippen LogP contribution in [0, 0.1) is 0 Å². The predicted molar refractivity (Wildman–Crippen MR) is 70.1 cm³/mol. The Balaban J connectivity index is 2.67. The van der Waals surface area contributed by atoms with Crippen LogP contribution >= 0.6 is 15.9 Å². The molecule has 1 rings (SSSR count). The van der Waals surface area contributed by atoms with Crippen molar-refractivity contribution in [3.8, 4) is 0 Å². The van der Waals surface area contributed by atoms with Crippen LogP contribution in [0.15, 0.2) is 28.7 Å². The van der Waals surface area contributed by atoms with Gasteiger partial charge in [0.15, 0.2) is 12.1 Å². The van der Waals surface area contributed by atoms with Gasteiger partial charge in [0.05, 0.1) is 6.42 Å². The fraction of sp³-hybridized carbons (Fsp3) is 0.462. The zero-order valence-electron chi connectivity index (χ0n) is 10.1. The van der Waals surface area contributed by atoms with Crippen LogP contribution in [0.3, 0.4) is 0 Å². The first-order valence-corrected chi connectivity index (χ1v) is 6.49. The molecule has 0 aromatic heterocycles. The summed E-state index contributed by atoms with van der Waals surface area (Å²) in [7, 11) is 0. The normalized spacial score (nSPS) is 10.8. The number of hydrogen-bond acceptors (Lipinski definition) is 3. The van der Waals surface area contributed by atoms with Crippen LogP contribution in [-0.2, 0) is 9.47 Å². The standard InChI is InChI=1S/C13H17BrO3/c1-3-16-13(17-4-2)9-12(15)10-7-5-6-8-11(10)14/h5-8,13H,3-4,9H2,1-2H3. The lowest BCUT2D eigenvalue weighted by atomic mass is 10.1. The van der Waals surface area contributed by atoms with E-state index in [1.807, 2.05) is 32.0 Å².